The average molecular weight is 325 g/mol. The summed E-state index contributed by atoms with van der Waals surface area (Å²) in [6, 6.07) is 3.95. The molecule has 1 rings (SSSR count). The number of benzene rings is 1. The van der Waals surface area contributed by atoms with Gasteiger partial charge in [-0.05, 0) is 53.3 Å². The van der Waals surface area contributed by atoms with Crippen LogP contribution in [0.2, 0.25) is 11.6 Å². The molecule has 0 aliphatic heterocycles. The predicted molar refractivity (Wildman–Crippen MR) is 65.3 cm³/mol. The Balaban J connectivity index is 2.90. The molecule has 0 heterocycles. The summed E-state index contributed by atoms with van der Waals surface area (Å²) in [6.07, 6.45) is 0. The van der Waals surface area contributed by atoms with Crippen LogP contribution in [0.25, 0.3) is 0 Å². The summed E-state index contributed by atoms with van der Waals surface area (Å²) in [5, 5.41) is 0.820. The molecule has 2 radical (unpaired) electrons. The minimum absolute atomic E-state index is 0.538. The highest BCUT2D eigenvalue weighted by molar-refractivity contribution is 14.1. The Bertz CT molecular complexity index is 304. The van der Waals surface area contributed by atoms with Gasteiger partial charge in [-0.2, -0.15) is 0 Å². The van der Waals surface area contributed by atoms with Gasteiger partial charge in [0.05, 0.1) is 11.6 Å². The summed E-state index contributed by atoms with van der Waals surface area (Å²) in [7, 11) is 0.538. The van der Waals surface area contributed by atoms with E-state index in [1.165, 1.54) is 11.1 Å². The molecule has 1 aromatic rings. The van der Waals surface area contributed by atoms with E-state index in [0.29, 0.717) is 16.4 Å². The fourth-order valence-corrected chi connectivity index (χ4v) is 2.03. The number of hydrogen-bond donors (Lipinski definition) is 0. The molecule has 1 aromatic carbocycles. The molecule has 13 heavy (non-hydrogen) atoms. The van der Waals surface area contributed by atoms with Gasteiger partial charge in [-0.1, -0.05) is 17.7 Å². The van der Waals surface area contributed by atoms with E-state index in [4.69, 9.17) is 16.0 Å². The van der Waals surface area contributed by atoms with Gasteiger partial charge in [-0.25, -0.2) is 0 Å². The van der Waals surface area contributed by atoms with Crippen LogP contribution >= 0.6 is 34.2 Å². The second kappa shape index (κ2) is 5.34. The van der Waals surface area contributed by atoms with Crippen LogP contribution in [-0.2, 0) is 11.0 Å². The fourth-order valence-electron chi connectivity index (χ4n) is 0.998. The van der Waals surface area contributed by atoms with Gasteiger partial charge in [0.25, 0.3) is 0 Å². The first-order chi connectivity index (χ1) is 6.16. The number of halogens is 2. The molecule has 70 valence electrons. The Morgan fingerprint density at radius 1 is 1.54 bits per heavy atom. The molecule has 0 aliphatic carbocycles. The quantitative estimate of drug-likeness (QED) is 0.611. The van der Waals surface area contributed by atoms with Crippen LogP contribution in [-0.4, -0.2) is 9.76 Å². The minimum atomic E-state index is 0.538. The standard InChI is InChI=1S/C9H10ClIOSi/c1-6-7(5-12-13-2)3-4-8(10)9(6)11/h3-4H,5H2,1-2H3. The highest BCUT2D eigenvalue weighted by atomic mass is 127. The first-order valence-corrected chi connectivity index (χ1v) is 6.75. The molecule has 0 N–H and O–H groups in total. The summed E-state index contributed by atoms with van der Waals surface area (Å²) in [5.41, 5.74) is 2.45. The number of hydrogen-bond acceptors (Lipinski definition) is 1. The van der Waals surface area contributed by atoms with Crippen molar-refractivity contribution in [3.05, 3.63) is 31.9 Å². The van der Waals surface area contributed by atoms with Gasteiger partial charge < -0.3 is 4.43 Å². The van der Waals surface area contributed by atoms with Gasteiger partial charge in [0, 0.05) is 3.57 Å². The fraction of sp³-hybridized carbons (Fsp3) is 0.333. The molecular formula is C9H10ClIOSi. The molecule has 0 aliphatic rings. The lowest BCUT2D eigenvalue weighted by Gasteiger charge is -2.08. The predicted octanol–water partition coefficient (Wildman–Crippen LogP) is 3.44. The Morgan fingerprint density at radius 2 is 2.23 bits per heavy atom. The van der Waals surface area contributed by atoms with E-state index in [1.807, 2.05) is 18.7 Å². The Morgan fingerprint density at radius 3 is 2.85 bits per heavy atom. The average Bonchev–Trinajstić information content (AvgIpc) is 2.13. The summed E-state index contributed by atoms with van der Waals surface area (Å²) in [5.74, 6) is 0. The normalized spacial score (nSPS) is 10.5. The monoisotopic (exact) mass is 324 g/mol. The molecule has 0 aromatic heterocycles. The summed E-state index contributed by atoms with van der Waals surface area (Å²) < 4.78 is 6.50. The van der Waals surface area contributed by atoms with Crippen LogP contribution in [0.4, 0.5) is 0 Å². The highest BCUT2D eigenvalue weighted by Crippen LogP contribution is 2.24. The van der Waals surface area contributed by atoms with Crippen molar-refractivity contribution in [1.82, 2.24) is 0 Å². The Hall–Kier alpha value is 0.417. The smallest absolute Gasteiger partial charge is 0.226 e. The largest absolute Gasteiger partial charge is 0.413 e. The summed E-state index contributed by atoms with van der Waals surface area (Å²) in [4.78, 5) is 0. The molecule has 0 bridgehead atoms. The maximum atomic E-state index is 5.97. The van der Waals surface area contributed by atoms with E-state index < -0.39 is 0 Å². The lowest BCUT2D eigenvalue weighted by Crippen LogP contribution is -1.98. The van der Waals surface area contributed by atoms with E-state index in [-0.39, 0.29) is 0 Å². The van der Waals surface area contributed by atoms with E-state index in [2.05, 4.69) is 29.5 Å². The lowest BCUT2D eigenvalue weighted by atomic mass is 10.1. The van der Waals surface area contributed by atoms with Crippen LogP contribution < -0.4 is 0 Å². The molecule has 0 atom stereocenters. The second-order valence-electron chi connectivity index (χ2n) is 2.64. The van der Waals surface area contributed by atoms with Gasteiger partial charge in [-0.3, -0.25) is 0 Å². The first kappa shape index (κ1) is 11.5. The maximum Gasteiger partial charge on any atom is 0.226 e. The molecule has 0 unspecified atom stereocenters. The molecular weight excluding hydrogens is 315 g/mol. The van der Waals surface area contributed by atoms with Crippen molar-refractivity contribution in [2.45, 2.75) is 20.1 Å². The van der Waals surface area contributed by atoms with Gasteiger partial charge in [0.1, 0.15) is 0 Å². The molecule has 0 saturated carbocycles. The highest BCUT2D eigenvalue weighted by Gasteiger charge is 2.05. The Labute approximate surface area is 99.9 Å². The van der Waals surface area contributed by atoms with Crippen LogP contribution in [0, 0.1) is 10.5 Å². The molecule has 0 spiro atoms. The van der Waals surface area contributed by atoms with E-state index in [0.717, 1.165) is 8.59 Å². The van der Waals surface area contributed by atoms with Crippen LogP contribution in [0.3, 0.4) is 0 Å². The van der Waals surface area contributed by atoms with Crippen molar-refractivity contribution in [1.29, 1.82) is 0 Å². The van der Waals surface area contributed by atoms with Gasteiger partial charge in [-0.15, -0.1) is 0 Å². The van der Waals surface area contributed by atoms with E-state index in [9.17, 15) is 0 Å². The van der Waals surface area contributed by atoms with Crippen LogP contribution in [0.15, 0.2) is 12.1 Å². The number of rotatable bonds is 3. The van der Waals surface area contributed by atoms with Crippen molar-refractivity contribution in [2.75, 3.05) is 0 Å². The van der Waals surface area contributed by atoms with Crippen molar-refractivity contribution >= 4 is 44.0 Å². The van der Waals surface area contributed by atoms with Crippen molar-refractivity contribution in [2.24, 2.45) is 0 Å². The van der Waals surface area contributed by atoms with Crippen molar-refractivity contribution in [3.8, 4) is 0 Å². The minimum Gasteiger partial charge on any atom is -0.413 e. The zero-order chi connectivity index (χ0) is 9.84. The maximum absolute atomic E-state index is 5.97. The third kappa shape index (κ3) is 2.94. The zero-order valence-electron chi connectivity index (χ0n) is 7.53. The van der Waals surface area contributed by atoms with E-state index in [1.54, 1.807) is 0 Å². The third-order valence-corrected chi connectivity index (χ3v) is 4.28. The van der Waals surface area contributed by atoms with Crippen LogP contribution in [0.5, 0.6) is 0 Å². The molecule has 1 nitrogen and oxygen atoms in total. The summed E-state index contributed by atoms with van der Waals surface area (Å²) in [6.45, 7) is 4.79. The first-order valence-electron chi connectivity index (χ1n) is 3.89. The van der Waals surface area contributed by atoms with Crippen molar-refractivity contribution < 1.29 is 4.43 Å². The van der Waals surface area contributed by atoms with E-state index >= 15 is 0 Å². The zero-order valence-corrected chi connectivity index (χ0v) is 11.4. The lowest BCUT2D eigenvalue weighted by molar-refractivity contribution is 0.326. The second-order valence-corrected chi connectivity index (χ2v) is 4.82. The topological polar surface area (TPSA) is 9.23 Å². The van der Waals surface area contributed by atoms with Gasteiger partial charge >= 0.3 is 0 Å². The van der Waals surface area contributed by atoms with Gasteiger partial charge in [0.15, 0.2) is 0 Å². The third-order valence-electron chi connectivity index (χ3n) is 1.82. The summed E-state index contributed by atoms with van der Waals surface area (Å²) >= 11 is 8.23. The Kier molecular flexibility index (Phi) is 4.72. The molecule has 0 saturated heterocycles. The van der Waals surface area contributed by atoms with Crippen molar-refractivity contribution in [3.63, 3.8) is 0 Å². The molecule has 0 amide bonds. The molecule has 4 heteroatoms. The van der Waals surface area contributed by atoms with Crippen LogP contribution in [0.1, 0.15) is 11.1 Å². The molecule has 0 fully saturated rings. The van der Waals surface area contributed by atoms with Gasteiger partial charge in [0.2, 0.25) is 9.76 Å². The SMILES string of the molecule is C[Si]OCc1ccc(Cl)c(I)c1C.